The van der Waals surface area contributed by atoms with Crippen molar-refractivity contribution in [3.05, 3.63) is 24.3 Å². The van der Waals surface area contributed by atoms with Gasteiger partial charge in [0.25, 0.3) is 0 Å². The Morgan fingerprint density at radius 1 is 1.32 bits per heavy atom. The predicted molar refractivity (Wildman–Crippen MR) is 76.0 cm³/mol. The molecule has 1 aromatic carbocycles. The zero-order valence-electron chi connectivity index (χ0n) is 11.3. The fourth-order valence-corrected chi connectivity index (χ4v) is 4.08. The van der Waals surface area contributed by atoms with Crippen molar-refractivity contribution in [1.29, 1.82) is 0 Å². The number of hydrazine groups is 1. The average Bonchev–Trinajstić information content (AvgIpc) is 2.67. The third kappa shape index (κ3) is 3.26. The number of anilines is 1. The minimum Gasteiger partial charge on any atom is -0.323 e. The highest BCUT2D eigenvalue weighted by Gasteiger charge is 2.33. The number of nitrogens with one attached hydrogen (secondary N) is 2. The molecule has 0 radical (unpaired) electrons. The van der Waals surface area contributed by atoms with Crippen LogP contribution in [-0.2, 0) is 10.0 Å². The molecule has 1 aliphatic rings. The molecule has 1 aromatic rings. The summed E-state index contributed by atoms with van der Waals surface area (Å²) in [6.45, 7) is 4.33. The van der Waals surface area contributed by atoms with E-state index in [0.717, 1.165) is 19.3 Å². The molecule has 2 rings (SSSR count). The Labute approximate surface area is 114 Å². The molecule has 1 unspecified atom stereocenters. The molecule has 1 fully saturated rings. The Hall–Kier alpha value is -1.11. The number of rotatable bonds is 4. The second-order valence-corrected chi connectivity index (χ2v) is 7.55. The van der Waals surface area contributed by atoms with Gasteiger partial charge in [-0.1, -0.05) is 26.0 Å². The molecular weight excluding hydrogens is 262 g/mol. The van der Waals surface area contributed by atoms with E-state index in [1.807, 2.05) is 0 Å². The van der Waals surface area contributed by atoms with Crippen LogP contribution in [0.25, 0.3) is 0 Å². The van der Waals surface area contributed by atoms with E-state index in [2.05, 4.69) is 24.0 Å². The molecule has 19 heavy (non-hydrogen) atoms. The summed E-state index contributed by atoms with van der Waals surface area (Å²) in [6.07, 6.45) is 2.78. The number of hydrogen-bond acceptors (Lipinski definition) is 4. The van der Waals surface area contributed by atoms with Crippen molar-refractivity contribution in [2.75, 3.05) is 5.43 Å². The first-order chi connectivity index (χ1) is 8.84. The summed E-state index contributed by atoms with van der Waals surface area (Å²) in [7, 11) is -3.53. The first-order valence-corrected chi connectivity index (χ1v) is 7.90. The summed E-state index contributed by atoms with van der Waals surface area (Å²) in [6, 6.07) is 6.64. The smallest absolute Gasteiger partial charge is 0.242 e. The minimum absolute atomic E-state index is 0.00540. The van der Waals surface area contributed by atoms with Crippen molar-refractivity contribution in [2.24, 2.45) is 11.3 Å². The van der Waals surface area contributed by atoms with Crippen molar-refractivity contribution in [1.82, 2.24) is 4.72 Å². The van der Waals surface area contributed by atoms with Gasteiger partial charge < -0.3 is 5.43 Å². The van der Waals surface area contributed by atoms with Crippen molar-refractivity contribution in [3.63, 3.8) is 0 Å². The van der Waals surface area contributed by atoms with Crippen molar-refractivity contribution >= 4 is 15.7 Å². The van der Waals surface area contributed by atoms with Crippen LogP contribution in [-0.4, -0.2) is 14.5 Å². The van der Waals surface area contributed by atoms with E-state index in [4.69, 9.17) is 5.84 Å². The molecule has 1 atom stereocenters. The van der Waals surface area contributed by atoms with Gasteiger partial charge in [-0.25, -0.2) is 13.1 Å². The van der Waals surface area contributed by atoms with Gasteiger partial charge in [0, 0.05) is 6.04 Å². The van der Waals surface area contributed by atoms with Gasteiger partial charge in [0.15, 0.2) is 0 Å². The molecule has 6 heteroatoms. The van der Waals surface area contributed by atoms with Gasteiger partial charge in [0.1, 0.15) is 4.90 Å². The molecule has 0 amide bonds. The monoisotopic (exact) mass is 283 g/mol. The van der Waals surface area contributed by atoms with E-state index in [0.29, 0.717) is 5.69 Å². The first kappa shape index (κ1) is 14.3. The quantitative estimate of drug-likeness (QED) is 0.581. The zero-order valence-corrected chi connectivity index (χ0v) is 12.1. The van der Waals surface area contributed by atoms with Crippen LogP contribution in [0.2, 0.25) is 0 Å². The molecule has 0 saturated heterocycles. The van der Waals surface area contributed by atoms with Crippen LogP contribution < -0.4 is 16.0 Å². The second-order valence-electron chi connectivity index (χ2n) is 5.87. The molecule has 0 aromatic heterocycles. The normalized spacial score (nSPS) is 22.4. The van der Waals surface area contributed by atoms with Gasteiger partial charge in [-0.15, -0.1) is 0 Å². The van der Waals surface area contributed by atoms with Crippen LogP contribution in [0, 0.1) is 5.41 Å². The molecule has 0 heterocycles. The molecule has 1 saturated carbocycles. The van der Waals surface area contributed by atoms with Gasteiger partial charge in [-0.2, -0.15) is 0 Å². The number of nitrogens with two attached hydrogens (primary N) is 1. The van der Waals surface area contributed by atoms with Crippen molar-refractivity contribution in [2.45, 2.75) is 44.0 Å². The van der Waals surface area contributed by atoms with Gasteiger partial charge in [0.05, 0.1) is 5.69 Å². The van der Waals surface area contributed by atoms with Crippen molar-refractivity contribution < 1.29 is 8.42 Å². The maximum absolute atomic E-state index is 12.4. The van der Waals surface area contributed by atoms with Gasteiger partial charge in [-0.05, 0) is 36.8 Å². The number of benzene rings is 1. The van der Waals surface area contributed by atoms with Crippen LogP contribution in [0.15, 0.2) is 29.2 Å². The van der Waals surface area contributed by atoms with E-state index in [-0.39, 0.29) is 16.4 Å². The molecule has 0 bridgehead atoms. The van der Waals surface area contributed by atoms with Crippen LogP contribution in [0.1, 0.15) is 33.1 Å². The highest BCUT2D eigenvalue weighted by molar-refractivity contribution is 7.89. The van der Waals surface area contributed by atoms with E-state index >= 15 is 0 Å². The molecule has 0 spiro atoms. The van der Waals surface area contributed by atoms with Crippen LogP contribution in [0.3, 0.4) is 0 Å². The Bertz CT molecular complexity index is 555. The van der Waals surface area contributed by atoms with E-state index in [1.54, 1.807) is 24.3 Å². The number of hydrogen-bond donors (Lipinski definition) is 3. The molecule has 1 aliphatic carbocycles. The summed E-state index contributed by atoms with van der Waals surface area (Å²) >= 11 is 0. The van der Waals surface area contributed by atoms with E-state index in [1.165, 1.54) is 0 Å². The molecule has 5 nitrogen and oxygen atoms in total. The van der Waals surface area contributed by atoms with Crippen LogP contribution >= 0.6 is 0 Å². The average molecular weight is 283 g/mol. The lowest BCUT2D eigenvalue weighted by Crippen LogP contribution is -2.34. The van der Waals surface area contributed by atoms with Crippen molar-refractivity contribution in [3.8, 4) is 0 Å². The van der Waals surface area contributed by atoms with Gasteiger partial charge >= 0.3 is 0 Å². The molecular formula is C13H21N3O2S. The zero-order chi connectivity index (χ0) is 14.1. The largest absolute Gasteiger partial charge is 0.323 e. The van der Waals surface area contributed by atoms with Crippen LogP contribution in [0.4, 0.5) is 5.69 Å². The summed E-state index contributed by atoms with van der Waals surface area (Å²) in [5.41, 5.74) is 3.04. The maximum atomic E-state index is 12.4. The third-order valence-electron chi connectivity index (χ3n) is 3.62. The number of sulfonamides is 1. The molecule has 0 aliphatic heterocycles. The molecule has 106 valence electrons. The standard InChI is InChI=1S/C13H21N3O2S/c1-13(2)8-7-10(9-13)16-19(17,18)12-6-4-3-5-11(12)15-14/h3-6,10,15-16H,7-9,14H2,1-2H3. The highest BCUT2D eigenvalue weighted by Crippen LogP contribution is 2.37. The SMILES string of the molecule is CC1(C)CCC(NS(=O)(=O)c2ccccc2NN)C1. The Balaban J connectivity index is 2.19. The number of nitrogen functional groups attached to an aromatic ring is 1. The highest BCUT2D eigenvalue weighted by atomic mass is 32.2. The second kappa shape index (κ2) is 5.11. The lowest BCUT2D eigenvalue weighted by atomic mass is 9.92. The first-order valence-electron chi connectivity index (χ1n) is 6.42. The Morgan fingerprint density at radius 2 is 2.00 bits per heavy atom. The fraction of sp³-hybridized carbons (Fsp3) is 0.538. The van der Waals surface area contributed by atoms with Crippen LogP contribution in [0.5, 0.6) is 0 Å². The topological polar surface area (TPSA) is 84.2 Å². The third-order valence-corrected chi connectivity index (χ3v) is 5.20. The summed E-state index contributed by atoms with van der Waals surface area (Å²) in [5.74, 6) is 5.36. The lowest BCUT2D eigenvalue weighted by molar-refractivity contribution is 0.372. The maximum Gasteiger partial charge on any atom is 0.242 e. The summed E-state index contributed by atoms with van der Waals surface area (Å²) in [5, 5.41) is 0. The van der Waals surface area contributed by atoms with Gasteiger partial charge in [0.2, 0.25) is 10.0 Å². The Morgan fingerprint density at radius 3 is 2.58 bits per heavy atom. The molecule has 4 N–H and O–H groups in total. The summed E-state index contributed by atoms with van der Waals surface area (Å²) in [4.78, 5) is 0.196. The van der Waals surface area contributed by atoms with Gasteiger partial charge in [-0.3, -0.25) is 5.84 Å². The van der Waals surface area contributed by atoms with E-state index < -0.39 is 10.0 Å². The fourth-order valence-electron chi connectivity index (χ4n) is 2.64. The van der Waals surface area contributed by atoms with E-state index in [9.17, 15) is 8.42 Å². The summed E-state index contributed by atoms with van der Waals surface area (Å²) < 4.78 is 27.5. The predicted octanol–water partition coefficient (Wildman–Crippen LogP) is 1.83. The minimum atomic E-state index is -3.53. The number of para-hydroxylation sites is 1. The lowest BCUT2D eigenvalue weighted by Gasteiger charge is -2.18. The Kier molecular flexibility index (Phi) is 3.85.